The van der Waals surface area contributed by atoms with Crippen LogP contribution in [0, 0.1) is 0 Å². The summed E-state index contributed by atoms with van der Waals surface area (Å²) in [4.78, 5) is 11.7. The molecule has 2 rings (SSSR count). The zero-order valence-corrected chi connectivity index (χ0v) is 11.7. The highest BCUT2D eigenvalue weighted by Gasteiger charge is 2.04. The smallest absolute Gasteiger partial charge is 0.319 e. The van der Waals surface area contributed by atoms with Crippen LogP contribution < -0.4 is 16.4 Å². The first-order valence-corrected chi connectivity index (χ1v) is 6.67. The molecule has 0 saturated carbocycles. The molecule has 0 aliphatic rings. The zero-order chi connectivity index (χ0) is 14.4. The quantitative estimate of drug-likeness (QED) is 0.756. The van der Waals surface area contributed by atoms with Gasteiger partial charge in [0.25, 0.3) is 0 Å². The lowest BCUT2D eigenvalue weighted by molar-refractivity contribution is 0.252. The molecule has 0 aliphatic heterocycles. The minimum absolute atomic E-state index is 0.285. The van der Waals surface area contributed by atoms with E-state index in [2.05, 4.69) is 10.6 Å². The third-order valence-electron chi connectivity index (χ3n) is 2.86. The number of para-hydroxylation sites is 2. The molecule has 2 amide bonds. The predicted octanol–water partition coefficient (Wildman–Crippen LogP) is 3.29. The lowest BCUT2D eigenvalue weighted by Crippen LogP contribution is -2.30. The monoisotopic (exact) mass is 289 g/mol. The number of hydrogen-bond donors (Lipinski definition) is 3. The van der Waals surface area contributed by atoms with Crippen molar-refractivity contribution < 1.29 is 4.79 Å². The topological polar surface area (TPSA) is 67.1 Å². The lowest BCUT2D eigenvalue weighted by atomic mass is 10.1. The van der Waals surface area contributed by atoms with Gasteiger partial charge in [-0.2, -0.15) is 0 Å². The van der Waals surface area contributed by atoms with Crippen LogP contribution in [0.15, 0.2) is 48.5 Å². The Kier molecular flexibility index (Phi) is 4.85. The molecule has 0 saturated heterocycles. The Bertz CT molecular complexity index is 601. The molecule has 0 unspecified atom stereocenters. The number of nitrogen functional groups attached to an aromatic ring is 1. The van der Waals surface area contributed by atoms with Crippen LogP contribution in [0.4, 0.5) is 16.2 Å². The molecule has 0 radical (unpaired) electrons. The van der Waals surface area contributed by atoms with Crippen LogP contribution in [-0.2, 0) is 6.42 Å². The van der Waals surface area contributed by atoms with E-state index in [-0.39, 0.29) is 6.03 Å². The number of rotatable bonds is 4. The molecule has 0 aromatic heterocycles. The Hall–Kier alpha value is -2.20. The molecule has 2 aromatic carbocycles. The van der Waals surface area contributed by atoms with Crippen LogP contribution in [0.5, 0.6) is 0 Å². The van der Waals surface area contributed by atoms with Gasteiger partial charge in [0, 0.05) is 12.2 Å². The van der Waals surface area contributed by atoms with Gasteiger partial charge >= 0.3 is 6.03 Å². The van der Waals surface area contributed by atoms with Gasteiger partial charge < -0.3 is 16.4 Å². The van der Waals surface area contributed by atoms with E-state index < -0.39 is 0 Å². The van der Waals surface area contributed by atoms with Crippen LogP contribution in [0.25, 0.3) is 0 Å². The van der Waals surface area contributed by atoms with Gasteiger partial charge in [-0.25, -0.2) is 4.79 Å². The molecular weight excluding hydrogens is 274 g/mol. The number of nitrogens with two attached hydrogens (primary N) is 1. The molecule has 0 aliphatic carbocycles. The predicted molar refractivity (Wildman–Crippen MR) is 83.0 cm³/mol. The van der Waals surface area contributed by atoms with Crippen LogP contribution >= 0.6 is 11.6 Å². The highest BCUT2D eigenvalue weighted by molar-refractivity contribution is 6.33. The molecule has 0 atom stereocenters. The normalized spacial score (nSPS) is 10.1. The minimum Gasteiger partial charge on any atom is -0.399 e. The molecule has 104 valence electrons. The zero-order valence-electron chi connectivity index (χ0n) is 10.9. The highest BCUT2D eigenvalue weighted by Crippen LogP contribution is 2.20. The fraction of sp³-hybridized carbons (Fsp3) is 0.133. The SMILES string of the molecule is Nc1ccccc1CCNC(=O)Nc1ccccc1Cl. The van der Waals surface area contributed by atoms with Gasteiger partial charge in [-0.3, -0.25) is 0 Å². The first-order chi connectivity index (χ1) is 9.66. The second-order valence-corrected chi connectivity index (χ2v) is 4.72. The number of hydrogen-bond acceptors (Lipinski definition) is 2. The van der Waals surface area contributed by atoms with Crippen molar-refractivity contribution in [1.29, 1.82) is 0 Å². The molecule has 0 heterocycles. The summed E-state index contributed by atoms with van der Waals surface area (Å²) in [5.41, 5.74) is 8.18. The van der Waals surface area contributed by atoms with E-state index >= 15 is 0 Å². The van der Waals surface area contributed by atoms with Crippen molar-refractivity contribution in [2.45, 2.75) is 6.42 Å². The maximum absolute atomic E-state index is 11.7. The Balaban J connectivity index is 1.82. The molecule has 0 spiro atoms. The summed E-state index contributed by atoms with van der Waals surface area (Å²) in [5, 5.41) is 5.98. The molecular formula is C15H16ClN3O. The number of anilines is 2. The summed E-state index contributed by atoms with van der Waals surface area (Å²) in [6, 6.07) is 14.4. The van der Waals surface area contributed by atoms with Crippen molar-refractivity contribution in [2.75, 3.05) is 17.6 Å². The van der Waals surface area contributed by atoms with Crippen LogP contribution in [0.3, 0.4) is 0 Å². The van der Waals surface area contributed by atoms with Crippen molar-refractivity contribution in [1.82, 2.24) is 5.32 Å². The number of amides is 2. The largest absolute Gasteiger partial charge is 0.399 e. The number of nitrogens with one attached hydrogen (secondary N) is 2. The molecule has 0 bridgehead atoms. The van der Waals surface area contributed by atoms with E-state index in [4.69, 9.17) is 17.3 Å². The van der Waals surface area contributed by atoms with Gasteiger partial charge in [0.15, 0.2) is 0 Å². The van der Waals surface area contributed by atoms with E-state index in [0.29, 0.717) is 23.7 Å². The summed E-state index contributed by atoms with van der Waals surface area (Å²) in [5.74, 6) is 0. The molecule has 4 N–H and O–H groups in total. The van der Waals surface area contributed by atoms with Gasteiger partial charge in [0.1, 0.15) is 0 Å². The number of carbonyl (C=O) groups is 1. The molecule has 5 heteroatoms. The molecule has 20 heavy (non-hydrogen) atoms. The van der Waals surface area contributed by atoms with Crippen molar-refractivity contribution in [3.63, 3.8) is 0 Å². The molecule has 4 nitrogen and oxygen atoms in total. The third-order valence-corrected chi connectivity index (χ3v) is 3.19. The number of halogens is 1. The Labute approximate surface area is 122 Å². The number of carbonyl (C=O) groups excluding carboxylic acids is 1. The van der Waals surface area contributed by atoms with Crippen LogP contribution in [-0.4, -0.2) is 12.6 Å². The van der Waals surface area contributed by atoms with Gasteiger partial charge in [0.05, 0.1) is 10.7 Å². The number of urea groups is 1. The van der Waals surface area contributed by atoms with Crippen LogP contribution in [0.2, 0.25) is 5.02 Å². The van der Waals surface area contributed by atoms with Gasteiger partial charge in [0.2, 0.25) is 0 Å². The van der Waals surface area contributed by atoms with Crippen molar-refractivity contribution in [3.8, 4) is 0 Å². The maximum Gasteiger partial charge on any atom is 0.319 e. The van der Waals surface area contributed by atoms with Gasteiger partial charge in [-0.05, 0) is 30.2 Å². The van der Waals surface area contributed by atoms with Gasteiger partial charge in [-0.1, -0.05) is 41.9 Å². The summed E-state index contributed by atoms with van der Waals surface area (Å²) in [6.07, 6.45) is 0.683. The standard InChI is InChI=1S/C15H16ClN3O/c16-12-6-2-4-8-14(12)19-15(20)18-10-9-11-5-1-3-7-13(11)17/h1-8H,9-10,17H2,(H2,18,19,20). The fourth-order valence-corrected chi connectivity index (χ4v) is 1.98. The maximum atomic E-state index is 11.7. The van der Waals surface area contributed by atoms with E-state index in [0.717, 1.165) is 11.3 Å². The molecule has 2 aromatic rings. The van der Waals surface area contributed by atoms with E-state index in [1.807, 2.05) is 36.4 Å². The van der Waals surface area contributed by atoms with Crippen molar-refractivity contribution >= 4 is 29.0 Å². The second-order valence-electron chi connectivity index (χ2n) is 4.31. The van der Waals surface area contributed by atoms with Crippen molar-refractivity contribution in [2.24, 2.45) is 0 Å². The van der Waals surface area contributed by atoms with E-state index in [1.54, 1.807) is 12.1 Å². The highest BCUT2D eigenvalue weighted by atomic mass is 35.5. The number of benzene rings is 2. The van der Waals surface area contributed by atoms with Gasteiger partial charge in [-0.15, -0.1) is 0 Å². The van der Waals surface area contributed by atoms with E-state index in [9.17, 15) is 4.79 Å². The Morgan fingerprint density at radius 2 is 1.80 bits per heavy atom. The van der Waals surface area contributed by atoms with Crippen molar-refractivity contribution in [3.05, 3.63) is 59.1 Å². The summed E-state index contributed by atoms with van der Waals surface area (Å²) in [6.45, 7) is 0.504. The Morgan fingerprint density at radius 1 is 1.10 bits per heavy atom. The average molecular weight is 290 g/mol. The van der Waals surface area contributed by atoms with E-state index in [1.165, 1.54) is 0 Å². The summed E-state index contributed by atoms with van der Waals surface area (Å²) >= 11 is 5.96. The fourth-order valence-electron chi connectivity index (χ4n) is 1.80. The average Bonchev–Trinajstić information content (AvgIpc) is 2.43. The molecule has 0 fully saturated rings. The Morgan fingerprint density at radius 3 is 2.55 bits per heavy atom. The summed E-state index contributed by atoms with van der Waals surface area (Å²) < 4.78 is 0. The third kappa shape index (κ3) is 3.90. The minimum atomic E-state index is -0.285. The first kappa shape index (κ1) is 14.2. The van der Waals surface area contributed by atoms with Crippen LogP contribution in [0.1, 0.15) is 5.56 Å². The lowest BCUT2D eigenvalue weighted by Gasteiger charge is -2.09. The first-order valence-electron chi connectivity index (χ1n) is 6.29. The second kappa shape index (κ2) is 6.82. The summed E-state index contributed by atoms with van der Waals surface area (Å²) in [7, 11) is 0.